The highest BCUT2D eigenvalue weighted by atomic mass is 14.7. The Labute approximate surface area is 115 Å². The molecule has 0 aromatic rings. The summed E-state index contributed by atoms with van der Waals surface area (Å²) in [5, 5.41) is 0. The molecule has 0 aromatic heterocycles. The van der Waals surface area contributed by atoms with Crippen molar-refractivity contribution in [2.45, 2.75) is 80.7 Å². The van der Waals surface area contributed by atoms with Crippen LogP contribution in [0.2, 0.25) is 0 Å². The molecule has 0 bridgehead atoms. The fraction of sp³-hybridized carbons (Fsp3) is 0.882. The first kappa shape index (κ1) is 17.7. The van der Waals surface area contributed by atoms with Crippen molar-refractivity contribution in [3.8, 4) is 0 Å². The zero-order chi connectivity index (χ0) is 14.8. The van der Waals surface area contributed by atoms with E-state index in [2.05, 4.69) is 74.5 Å². The van der Waals surface area contributed by atoms with Crippen molar-refractivity contribution in [3.05, 3.63) is 12.2 Å². The Morgan fingerprint density at radius 2 is 1.00 bits per heavy atom. The van der Waals surface area contributed by atoms with Crippen LogP contribution in [0.25, 0.3) is 0 Å². The van der Waals surface area contributed by atoms with E-state index in [1.807, 2.05) is 0 Å². The van der Waals surface area contributed by atoms with Crippen LogP contribution >= 0.6 is 0 Å². The molecule has 0 aromatic carbocycles. The summed E-state index contributed by atoms with van der Waals surface area (Å²) in [5.41, 5.74) is 6.79. The molecule has 0 fully saturated rings. The number of hydrogen-bond donors (Lipinski definition) is 1. The largest absolute Gasteiger partial charge is 0.326 e. The van der Waals surface area contributed by atoms with E-state index in [4.69, 9.17) is 5.73 Å². The standard InChI is InChI=1S/C17H35N/c1-14(2,3)12-15(4,5)10-11-16(6,7)13-17(8,9)18/h10-11H,12-13,18H2,1-9H3/b11-10-. The molecule has 0 aliphatic rings. The highest BCUT2D eigenvalue weighted by molar-refractivity contribution is 5.04. The summed E-state index contributed by atoms with van der Waals surface area (Å²) >= 11 is 0. The molecular formula is C17H35N. The van der Waals surface area contributed by atoms with Crippen molar-refractivity contribution in [2.75, 3.05) is 0 Å². The van der Waals surface area contributed by atoms with Gasteiger partial charge < -0.3 is 5.73 Å². The maximum absolute atomic E-state index is 6.13. The van der Waals surface area contributed by atoms with Crippen LogP contribution in [0.5, 0.6) is 0 Å². The van der Waals surface area contributed by atoms with Gasteiger partial charge in [0.15, 0.2) is 0 Å². The summed E-state index contributed by atoms with van der Waals surface area (Å²) in [6.45, 7) is 20.3. The van der Waals surface area contributed by atoms with E-state index in [-0.39, 0.29) is 16.4 Å². The Morgan fingerprint density at radius 3 is 1.28 bits per heavy atom. The molecule has 0 spiro atoms. The van der Waals surface area contributed by atoms with Crippen molar-refractivity contribution in [1.82, 2.24) is 0 Å². The lowest BCUT2D eigenvalue weighted by Gasteiger charge is -2.33. The smallest absolute Gasteiger partial charge is 0.0105 e. The van der Waals surface area contributed by atoms with Gasteiger partial charge in [0.1, 0.15) is 0 Å². The third-order valence-electron chi connectivity index (χ3n) is 2.88. The van der Waals surface area contributed by atoms with E-state index in [9.17, 15) is 0 Å². The summed E-state index contributed by atoms with van der Waals surface area (Å²) in [5.74, 6) is 0. The fourth-order valence-corrected chi connectivity index (χ4v) is 3.11. The molecule has 0 saturated heterocycles. The van der Waals surface area contributed by atoms with Gasteiger partial charge in [-0.25, -0.2) is 0 Å². The summed E-state index contributed by atoms with van der Waals surface area (Å²) in [6, 6.07) is 0. The Morgan fingerprint density at radius 1 is 0.667 bits per heavy atom. The average molecular weight is 253 g/mol. The fourth-order valence-electron chi connectivity index (χ4n) is 3.11. The predicted octanol–water partition coefficient (Wildman–Crippen LogP) is 5.16. The van der Waals surface area contributed by atoms with Crippen molar-refractivity contribution in [1.29, 1.82) is 0 Å². The first-order valence-corrected chi connectivity index (χ1v) is 7.11. The third-order valence-corrected chi connectivity index (χ3v) is 2.88. The SMILES string of the molecule is CC(C)(C)CC(C)(C)/C=C\C(C)(C)CC(C)(C)N. The highest BCUT2D eigenvalue weighted by Crippen LogP contribution is 2.36. The van der Waals surface area contributed by atoms with Crippen molar-refractivity contribution in [2.24, 2.45) is 22.0 Å². The summed E-state index contributed by atoms with van der Waals surface area (Å²) in [6.07, 6.45) is 6.93. The van der Waals surface area contributed by atoms with Gasteiger partial charge in [0.2, 0.25) is 0 Å². The number of rotatable bonds is 5. The van der Waals surface area contributed by atoms with E-state index in [1.54, 1.807) is 0 Å². The minimum atomic E-state index is -0.109. The van der Waals surface area contributed by atoms with E-state index in [0.717, 1.165) is 6.42 Å². The topological polar surface area (TPSA) is 26.0 Å². The van der Waals surface area contributed by atoms with Crippen LogP contribution in [-0.4, -0.2) is 5.54 Å². The maximum Gasteiger partial charge on any atom is 0.0105 e. The second kappa shape index (κ2) is 5.36. The van der Waals surface area contributed by atoms with Gasteiger partial charge in [-0.15, -0.1) is 0 Å². The average Bonchev–Trinajstić information content (AvgIpc) is 1.91. The van der Waals surface area contributed by atoms with Gasteiger partial charge >= 0.3 is 0 Å². The molecule has 2 N–H and O–H groups in total. The molecule has 0 amide bonds. The molecule has 0 radical (unpaired) electrons. The molecule has 0 heterocycles. The van der Waals surface area contributed by atoms with E-state index >= 15 is 0 Å². The molecule has 0 saturated carbocycles. The van der Waals surface area contributed by atoms with Crippen molar-refractivity contribution in [3.63, 3.8) is 0 Å². The molecule has 0 unspecified atom stereocenters. The van der Waals surface area contributed by atoms with Crippen LogP contribution in [0.1, 0.15) is 75.2 Å². The molecular weight excluding hydrogens is 218 g/mol. The van der Waals surface area contributed by atoms with E-state index < -0.39 is 0 Å². The van der Waals surface area contributed by atoms with E-state index in [0.29, 0.717) is 5.41 Å². The van der Waals surface area contributed by atoms with Crippen LogP contribution in [0.3, 0.4) is 0 Å². The Balaban J connectivity index is 4.71. The van der Waals surface area contributed by atoms with Crippen molar-refractivity contribution < 1.29 is 0 Å². The van der Waals surface area contributed by atoms with Crippen LogP contribution in [0, 0.1) is 16.2 Å². The highest BCUT2D eigenvalue weighted by Gasteiger charge is 2.26. The lowest BCUT2D eigenvalue weighted by molar-refractivity contribution is 0.257. The second-order valence-corrected chi connectivity index (χ2v) is 9.21. The van der Waals surface area contributed by atoms with Gasteiger partial charge in [-0.2, -0.15) is 0 Å². The van der Waals surface area contributed by atoms with Crippen LogP contribution in [0.15, 0.2) is 12.2 Å². The summed E-state index contributed by atoms with van der Waals surface area (Å²) in [4.78, 5) is 0. The first-order chi connectivity index (χ1) is 7.62. The summed E-state index contributed by atoms with van der Waals surface area (Å²) in [7, 11) is 0. The molecule has 108 valence electrons. The quantitative estimate of drug-likeness (QED) is 0.673. The molecule has 0 rings (SSSR count). The molecule has 0 aliphatic carbocycles. The lowest BCUT2D eigenvalue weighted by atomic mass is 9.73. The predicted molar refractivity (Wildman–Crippen MR) is 83.7 cm³/mol. The third kappa shape index (κ3) is 9.70. The zero-order valence-corrected chi connectivity index (χ0v) is 14.1. The second-order valence-electron chi connectivity index (χ2n) is 9.21. The molecule has 0 atom stereocenters. The number of hydrogen-bond acceptors (Lipinski definition) is 1. The van der Waals surface area contributed by atoms with Gasteiger partial charge in [-0.05, 0) is 42.9 Å². The number of allylic oxidation sites excluding steroid dienone is 2. The van der Waals surface area contributed by atoms with Crippen LogP contribution in [0.4, 0.5) is 0 Å². The normalized spacial score (nSPS) is 15.4. The number of nitrogens with two attached hydrogens (primary N) is 1. The van der Waals surface area contributed by atoms with E-state index in [1.165, 1.54) is 6.42 Å². The van der Waals surface area contributed by atoms with Crippen LogP contribution < -0.4 is 5.73 Å². The van der Waals surface area contributed by atoms with Gasteiger partial charge in [0.05, 0.1) is 0 Å². The monoisotopic (exact) mass is 253 g/mol. The van der Waals surface area contributed by atoms with Gasteiger partial charge in [-0.1, -0.05) is 60.6 Å². The first-order valence-electron chi connectivity index (χ1n) is 7.11. The molecule has 1 nitrogen and oxygen atoms in total. The van der Waals surface area contributed by atoms with Gasteiger partial charge in [0, 0.05) is 5.54 Å². The zero-order valence-electron chi connectivity index (χ0n) is 14.1. The Bertz CT molecular complexity index is 252. The molecule has 0 aliphatic heterocycles. The molecule has 18 heavy (non-hydrogen) atoms. The molecule has 1 heteroatoms. The minimum absolute atomic E-state index is 0.109. The van der Waals surface area contributed by atoms with Crippen LogP contribution in [-0.2, 0) is 0 Å². The van der Waals surface area contributed by atoms with Crippen molar-refractivity contribution >= 4 is 0 Å². The van der Waals surface area contributed by atoms with Gasteiger partial charge in [-0.3, -0.25) is 0 Å². The van der Waals surface area contributed by atoms with Gasteiger partial charge in [0.25, 0.3) is 0 Å². The maximum atomic E-state index is 6.13. The minimum Gasteiger partial charge on any atom is -0.326 e. The lowest BCUT2D eigenvalue weighted by Crippen LogP contribution is -2.36. The Kier molecular flexibility index (Phi) is 5.28. The Hall–Kier alpha value is -0.300. The summed E-state index contributed by atoms with van der Waals surface area (Å²) < 4.78 is 0.